The van der Waals surface area contributed by atoms with Gasteiger partial charge in [-0.15, -0.1) is 11.3 Å². The number of hydrogen-bond donors (Lipinski definition) is 2. The van der Waals surface area contributed by atoms with Crippen LogP contribution in [0.2, 0.25) is 0 Å². The van der Waals surface area contributed by atoms with E-state index in [0.717, 1.165) is 11.3 Å². The highest BCUT2D eigenvalue weighted by Gasteiger charge is 2.20. The number of carbonyl (C=O) groups excluding carboxylic acids is 1. The molecule has 0 aliphatic rings. The molecule has 1 heterocycles. The maximum Gasteiger partial charge on any atom is 0.346 e. The molecule has 7 nitrogen and oxygen atoms in total. The molecule has 0 spiro atoms. The largest absolute Gasteiger partial charge is 0.477 e. The monoisotopic (exact) mass is 306 g/mol. The molecular formula is C13H10N2O5S. The first-order chi connectivity index (χ1) is 9.90. The molecule has 0 saturated carbocycles. The molecule has 1 aromatic carbocycles. The van der Waals surface area contributed by atoms with Crippen molar-refractivity contribution in [3.8, 4) is 0 Å². The van der Waals surface area contributed by atoms with E-state index in [-0.39, 0.29) is 16.1 Å². The number of nitro groups is 1. The predicted octanol–water partition coefficient (Wildman–Crippen LogP) is 2.92. The zero-order chi connectivity index (χ0) is 15.6. The lowest BCUT2D eigenvalue weighted by Crippen LogP contribution is -2.13. The molecule has 2 rings (SSSR count). The zero-order valence-corrected chi connectivity index (χ0v) is 11.6. The van der Waals surface area contributed by atoms with Gasteiger partial charge in [-0.1, -0.05) is 12.1 Å². The normalized spacial score (nSPS) is 10.1. The third kappa shape index (κ3) is 3.06. The summed E-state index contributed by atoms with van der Waals surface area (Å²) in [5, 5.41) is 22.6. The lowest BCUT2D eigenvalue weighted by atomic mass is 10.1. The number of hydrogen-bond acceptors (Lipinski definition) is 5. The van der Waals surface area contributed by atoms with Crippen LogP contribution in [0.4, 0.5) is 10.7 Å². The summed E-state index contributed by atoms with van der Waals surface area (Å²) >= 11 is 0.904. The zero-order valence-electron chi connectivity index (χ0n) is 10.8. The molecule has 8 heteroatoms. The van der Waals surface area contributed by atoms with E-state index < -0.39 is 16.8 Å². The van der Waals surface area contributed by atoms with Gasteiger partial charge in [-0.25, -0.2) is 4.79 Å². The Morgan fingerprint density at radius 2 is 2.00 bits per heavy atom. The molecular weight excluding hydrogens is 296 g/mol. The van der Waals surface area contributed by atoms with Crippen molar-refractivity contribution in [3.05, 3.63) is 56.5 Å². The van der Waals surface area contributed by atoms with E-state index in [1.54, 1.807) is 6.92 Å². The second kappa shape index (κ2) is 5.71. The minimum absolute atomic E-state index is 0.0783. The quantitative estimate of drug-likeness (QED) is 0.666. The Morgan fingerprint density at radius 3 is 2.57 bits per heavy atom. The number of aromatic carboxylic acids is 1. The van der Waals surface area contributed by atoms with Crippen molar-refractivity contribution in [1.82, 2.24) is 0 Å². The van der Waals surface area contributed by atoms with E-state index in [2.05, 4.69) is 5.32 Å². The van der Waals surface area contributed by atoms with Gasteiger partial charge in [0, 0.05) is 6.07 Å². The van der Waals surface area contributed by atoms with E-state index in [1.165, 1.54) is 30.3 Å². The van der Waals surface area contributed by atoms with Gasteiger partial charge in [0.2, 0.25) is 0 Å². The minimum atomic E-state index is -1.08. The van der Waals surface area contributed by atoms with Crippen molar-refractivity contribution in [2.75, 3.05) is 5.32 Å². The van der Waals surface area contributed by atoms with Gasteiger partial charge in [-0.2, -0.15) is 0 Å². The third-order valence-electron chi connectivity index (χ3n) is 2.69. The molecule has 0 radical (unpaired) electrons. The summed E-state index contributed by atoms with van der Waals surface area (Å²) in [6.07, 6.45) is 0. The van der Waals surface area contributed by atoms with Crippen LogP contribution in [0.1, 0.15) is 25.6 Å². The van der Waals surface area contributed by atoms with E-state index in [0.29, 0.717) is 10.6 Å². The van der Waals surface area contributed by atoms with Gasteiger partial charge in [0.15, 0.2) is 0 Å². The summed E-state index contributed by atoms with van der Waals surface area (Å²) in [7, 11) is 0. The average Bonchev–Trinajstić information content (AvgIpc) is 2.79. The molecule has 1 aromatic heterocycles. The summed E-state index contributed by atoms with van der Waals surface area (Å²) < 4.78 is 0. The number of aryl methyl sites for hydroxylation is 1. The van der Waals surface area contributed by atoms with Crippen LogP contribution in [0.25, 0.3) is 0 Å². The van der Waals surface area contributed by atoms with Crippen LogP contribution >= 0.6 is 11.3 Å². The van der Waals surface area contributed by atoms with Crippen molar-refractivity contribution >= 4 is 33.9 Å². The van der Waals surface area contributed by atoms with Crippen LogP contribution in [0.5, 0.6) is 0 Å². The number of rotatable bonds is 4. The van der Waals surface area contributed by atoms with Crippen molar-refractivity contribution in [2.45, 2.75) is 6.92 Å². The molecule has 1 amide bonds. The van der Waals surface area contributed by atoms with Gasteiger partial charge in [-0.3, -0.25) is 14.9 Å². The average molecular weight is 306 g/mol. The number of nitro benzene ring substituents is 1. The van der Waals surface area contributed by atoms with E-state index in [4.69, 9.17) is 5.11 Å². The predicted molar refractivity (Wildman–Crippen MR) is 77.1 cm³/mol. The molecule has 0 bridgehead atoms. The Balaban J connectivity index is 2.29. The number of thiophene rings is 1. The van der Waals surface area contributed by atoms with Gasteiger partial charge < -0.3 is 10.4 Å². The molecule has 0 aliphatic carbocycles. The highest BCUT2D eigenvalue weighted by Crippen LogP contribution is 2.28. The highest BCUT2D eigenvalue weighted by atomic mass is 32.1. The minimum Gasteiger partial charge on any atom is -0.477 e. The van der Waals surface area contributed by atoms with Gasteiger partial charge in [0.1, 0.15) is 10.4 Å². The van der Waals surface area contributed by atoms with Crippen molar-refractivity contribution in [2.24, 2.45) is 0 Å². The van der Waals surface area contributed by atoms with Crippen molar-refractivity contribution < 1.29 is 19.6 Å². The van der Waals surface area contributed by atoms with E-state index >= 15 is 0 Å². The molecule has 2 N–H and O–H groups in total. The first-order valence-corrected chi connectivity index (χ1v) is 6.60. The Bertz CT molecular complexity index is 738. The van der Waals surface area contributed by atoms with Gasteiger partial charge >= 0.3 is 5.97 Å². The van der Waals surface area contributed by atoms with Crippen LogP contribution in [-0.4, -0.2) is 21.9 Å². The number of benzene rings is 1. The highest BCUT2D eigenvalue weighted by molar-refractivity contribution is 7.18. The van der Waals surface area contributed by atoms with Crippen LogP contribution in [0.3, 0.4) is 0 Å². The molecule has 0 atom stereocenters. The molecule has 0 fully saturated rings. The molecule has 108 valence electrons. The molecule has 0 unspecified atom stereocenters. The number of carboxylic acids is 1. The third-order valence-corrected chi connectivity index (χ3v) is 3.83. The van der Waals surface area contributed by atoms with E-state index in [9.17, 15) is 19.7 Å². The van der Waals surface area contributed by atoms with Crippen LogP contribution < -0.4 is 5.32 Å². The van der Waals surface area contributed by atoms with Gasteiger partial charge in [0.25, 0.3) is 11.6 Å². The number of carboxylic acid groups (broad SMARTS) is 1. The molecule has 0 saturated heterocycles. The summed E-state index contributed by atoms with van der Waals surface area (Å²) in [5.74, 6) is -1.73. The summed E-state index contributed by atoms with van der Waals surface area (Å²) in [5.41, 5.74) is 0.137. The topological polar surface area (TPSA) is 110 Å². The standard InChI is InChI=1S/C13H10N2O5S/c1-7-6-10(21-11(7)13(17)18)14-12(16)8-4-2-3-5-9(8)15(19)20/h2-6H,1H3,(H,14,16)(H,17,18). The number of carbonyl (C=O) groups is 2. The smallest absolute Gasteiger partial charge is 0.346 e. The number of anilines is 1. The number of nitrogens with one attached hydrogen (secondary N) is 1. The Hall–Kier alpha value is -2.74. The van der Waals surface area contributed by atoms with Gasteiger partial charge in [0.05, 0.1) is 9.92 Å². The van der Waals surface area contributed by atoms with E-state index in [1.807, 2.05) is 0 Å². The fourth-order valence-corrected chi connectivity index (χ4v) is 2.67. The molecule has 21 heavy (non-hydrogen) atoms. The second-order valence-electron chi connectivity index (χ2n) is 4.16. The SMILES string of the molecule is Cc1cc(NC(=O)c2ccccc2[N+](=O)[O-])sc1C(=O)O. The molecule has 0 aliphatic heterocycles. The number of amides is 1. The number of nitrogens with zero attached hydrogens (tertiary/aromatic N) is 1. The lowest BCUT2D eigenvalue weighted by Gasteiger charge is -2.03. The summed E-state index contributed by atoms with van der Waals surface area (Å²) in [6, 6.07) is 7.07. The number of para-hydroxylation sites is 1. The van der Waals surface area contributed by atoms with Crippen LogP contribution in [-0.2, 0) is 0 Å². The Morgan fingerprint density at radius 1 is 1.33 bits per heavy atom. The fraction of sp³-hybridized carbons (Fsp3) is 0.0769. The first kappa shape index (κ1) is 14.7. The first-order valence-electron chi connectivity index (χ1n) is 5.78. The van der Waals surface area contributed by atoms with Crippen molar-refractivity contribution in [3.63, 3.8) is 0 Å². The molecule has 2 aromatic rings. The van der Waals surface area contributed by atoms with Crippen LogP contribution in [0, 0.1) is 17.0 Å². The Labute approximate surface area is 123 Å². The fourth-order valence-electron chi connectivity index (χ4n) is 1.76. The van der Waals surface area contributed by atoms with Gasteiger partial charge in [-0.05, 0) is 24.6 Å². The lowest BCUT2D eigenvalue weighted by molar-refractivity contribution is -0.385. The second-order valence-corrected chi connectivity index (χ2v) is 5.21. The van der Waals surface area contributed by atoms with Crippen molar-refractivity contribution in [1.29, 1.82) is 0 Å². The Kier molecular flexibility index (Phi) is 3.99. The maximum atomic E-state index is 12.1. The summed E-state index contributed by atoms with van der Waals surface area (Å²) in [6.45, 7) is 1.61. The maximum absolute atomic E-state index is 12.1. The van der Waals surface area contributed by atoms with Crippen LogP contribution in [0.15, 0.2) is 30.3 Å². The summed E-state index contributed by atoms with van der Waals surface area (Å²) in [4.78, 5) is 33.4.